The first-order valence-electron chi connectivity index (χ1n) is 6.02. The van der Waals surface area contributed by atoms with E-state index >= 15 is 0 Å². The fourth-order valence-corrected chi connectivity index (χ4v) is 1.87. The molecule has 5 heteroatoms. The summed E-state index contributed by atoms with van der Waals surface area (Å²) in [6.45, 7) is 1.38. The number of para-hydroxylation sites is 2. The third-order valence-electron chi connectivity index (χ3n) is 2.71. The lowest BCUT2D eigenvalue weighted by molar-refractivity contribution is 0.0681. The molecule has 2 N–H and O–H groups in total. The molecule has 4 nitrogen and oxygen atoms in total. The number of benzene rings is 1. The summed E-state index contributed by atoms with van der Waals surface area (Å²) in [7, 11) is 0. The van der Waals surface area contributed by atoms with Gasteiger partial charge in [-0.25, -0.2) is 4.99 Å². The van der Waals surface area contributed by atoms with E-state index in [1.165, 1.54) is 0 Å². The molecule has 1 heterocycles. The van der Waals surface area contributed by atoms with Crippen molar-refractivity contribution in [2.24, 2.45) is 10.7 Å². The summed E-state index contributed by atoms with van der Waals surface area (Å²) in [5, 5.41) is 0. The molecule has 0 spiro atoms. The molecular formula is C13H17ClN2O2. The predicted molar refractivity (Wildman–Crippen MR) is 72.9 cm³/mol. The molecular weight excluding hydrogens is 252 g/mol. The average Bonchev–Trinajstić information content (AvgIpc) is 2.91. The fraction of sp³-hybridized carbons (Fsp3) is 0.462. The number of rotatable bonds is 5. The topological polar surface area (TPSA) is 56.8 Å². The molecule has 1 aromatic carbocycles. The van der Waals surface area contributed by atoms with Gasteiger partial charge in [0.05, 0.1) is 12.0 Å². The van der Waals surface area contributed by atoms with Crippen LogP contribution in [0.1, 0.15) is 12.8 Å². The van der Waals surface area contributed by atoms with Gasteiger partial charge in [-0.15, -0.1) is 11.6 Å². The van der Waals surface area contributed by atoms with Crippen molar-refractivity contribution in [3.63, 3.8) is 0 Å². The van der Waals surface area contributed by atoms with Crippen molar-refractivity contribution >= 4 is 23.1 Å². The largest absolute Gasteiger partial charge is 0.489 e. The van der Waals surface area contributed by atoms with E-state index in [9.17, 15) is 0 Å². The van der Waals surface area contributed by atoms with Crippen LogP contribution in [-0.2, 0) is 4.74 Å². The second-order valence-electron chi connectivity index (χ2n) is 4.15. The van der Waals surface area contributed by atoms with Crippen LogP contribution in [0.5, 0.6) is 5.75 Å². The third-order valence-corrected chi connectivity index (χ3v) is 2.99. The molecule has 1 saturated heterocycles. The molecule has 0 bridgehead atoms. The Hall–Kier alpha value is -1.26. The van der Waals surface area contributed by atoms with Gasteiger partial charge >= 0.3 is 0 Å². The van der Waals surface area contributed by atoms with Crippen molar-refractivity contribution in [1.82, 2.24) is 0 Å². The zero-order valence-electron chi connectivity index (χ0n) is 10.1. The average molecular weight is 269 g/mol. The number of nitrogens with two attached hydrogens (primary N) is 1. The fourth-order valence-electron chi connectivity index (χ4n) is 1.81. The van der Waals surface area contributed by atoms with Gasteiger partial charge in [-0.05, 0) is 25.0 Å². The number of amidine groups is 1. The maximum Gasteiger partial charge on any atom is 0.145 e. The smallest absolute Gasteiger partial charge is 0.145 e. The molecule has 1 fully saturated rings. The van der Waals surface area contributed by atoms with E-state index in [2.05, 4.69) is 4.99 Å². The zero-order valence-corrected chi connectivity index (χ0v) is 10.9. The molecule has 0 saturated carbocycles. The standard InChI is InChI=1S/C13H17ClN2O2/c14-8-13(15)16-11-5-1-2-6-12(11)18-9-10-4-3-7-17-10/h1-2,5-6,10H,3-4,7-9H2,(H2,15,16). The first-order valence-corrected chi connectivity index (χ1v) is 6.55. The lowest BCUT2D eigenvalue weighted by atomic mass is 10.2. The minimum atomic E-state index is 0.187. The van der Waals surface area contributed by atoms with Crippen LogP contribution in [0.3, 0.4) is 0 Å². The van der Waals surface area contributed by atoms with Crippen molar-refractivity contribution < 1.29 is 9.47 Å². The highest BCUT2D eigenvalue weighted by atomic mass is 35.5. The van der Waals surface area contributed by atoms with Gasteiger partial charge in [0, 0.05) is 6.61 Å². The Morgan fingerprint density at radius 3 is 3.06 bits per heavy atom. The lowest BCUT2D eigenvalue weighted by Gasteiger charge is -2.13. The number of nitrogens with zero attached hydrogens (tertiary/aromatic N) is 1. The van der Waals surface area contributed by atoms with Crippen molar-refractivity contribution in [1.29, 1.82) is 0 Å². The van der Waals surface area contributed by atoms with Crippen LogP contribution < -0.4 is 10.5 Å². The number of ether oxygens (including phenoxy) is 2. The molecule has 2 rings (SSSR count). The Bertz CT molecular complexity index is 417. The summed E-state index contributed by atoms with van der Waals surface area (Å²) >= 11 is 5.62. The first-order chi connectivity index (χ1) is 8.79. The molecule has 1 unspecified atom stereocenters. The van der Waals surface area contributed by atoms with Gasteiger partial charge in [0.25, 0.3) is 0 Å². The van der Waals surface area contributed by atoms with E-state index < -0.39 is 0 Å². The summed E-state index contributed by atoms with van der Waals surface area (Å²) in [5.41, 5.74) is 6.33. The van der Waals surface area contributed by atoms with E-state index in [-0.39, 0.29) is 12.0 Å². The second kappa shape index (κ2) is 6.61. The van der Waals surface area contributed by atoms with Crippen LogP contribution >= 0.6 is 11.6 Å². The predicted octanol–water partition coefficient (Wildman–Crippen LogP) is 2.47. The Morgan fingerprint density at radius 1 is 1.50 bits per heavy atom. The first kappa shape index (κ1) is 13.2. The molecule has 1 aromatic rings. The molecule has 18 heavy (non-hydrogen) atoms. The molecule has 98 valence electrons. The van der Waals surface area contributed by atoms with E-state index in [1.807, 2.05) is 24.3 Å². The monoisotopic (exact) mass is 268 g/mol. The summed E-state index contributed by atoms with van der Waals surface area (Å²) in [6, 6.07) is 7.51. The van der Waals surface area contributed by atoms with Crippen LogP contribution in [0.15, 0.2) is 29.3 Å². The number of halogens is 1. The molecule has 0 amide bonds. The SMILES string of the molecule is NC(CCl)=Nc1ccccc1OCC1CCCO1. The van der Waals surface area contributed by atoms with Crippen molar-refractivity contribution in [3.05, 3.63) is 24.3 Å². The quantitative estimate of drug-likeness (QED) is 0.507. The van der Waals surface area contributed by atoms with E-state index in [0.29, 0.717) is 23.9 Å². The summed E-state index contributed by atoms with van der Waals surface area (Å²) < 4.78 is 11.2. The van der Waals surface area contributed by atoms with Crippen LogP contribution in [0.4, 0.5) is 5.69 Å². The van der Waals surface area contributed by atoms with Crippen molar-refractivity contribution in [2.75, 3.05) is 19.1 Å². The van der Waals surface area contributed by atoms with Crippen LogP contribution in [0.25, 0.3) is 0 Å². The van der Waals surface area contributed by atoms with Gasteiger partial charge < -0.3 is 15.2 Å². The van der Waals surface area contributed by atoms with Gasteiger partial charge in [-0.3, -0.25) is 0 Å². The lowest BCUT2D eigenvalue weighted by Crippen LogP contribution is -2.16. The highest BCUT2D eigenvalue weighted by Gasteiger charge is 2.16. The molecule has 0 radical (unpaired) electrons. The normalized spacial score (nSPS) is 20.1. The highest BCUT2D eigenvalue weighted by Crippen LogP contribution is 2.27. The van der Waals surface area contributed by atoms with E-state index in [4.69, 9.17) is 26.8 Å². The van der Waals surface area contributed by atoms with Gasteiger partial charge in [0.1, 0.15) is 23.9 Å². The second-order valence-corrected chi connectivity index (χ2v) is 4.42. The number of alkyl halides is 1. The Kier molecular flexibility index (Phi) is 4.84. The third kappa shape index (κ3) is 3.62. The molecule has 1 aliphatic heterocycles. The Labute approximate surface area is 112 Å². The molecule has 0 aromatic heterocycles. The minimum absolute atomic E-state index is 0.187. The van der Waals surface area contributed by atoms with E-state index in [0.717, 1.165) is 19.4 Å². The van der Waals surface area contributed by atoms with E-state index in [1.54, 1.807) is 0 Å². The van der Waals surface area contributed by atoms with Crippen LogP contribution in [0, 0.1) is 0 Å². The Balaban J connectivity index is 2.02. The van der Waals surface area contributed by atoms with Crippen molar-refractivity contribution in [2.45, 2.75) is 18.9 Å². The summed E-state index contributed by atoms with van der Waals surface area (Å²) in [4.78, 5) is 4.22. The maximum absolute atomic E-state index is 5.74. The highest BCUT2D eigenvalue weighted by molar-refractivity contribution is 6.28. The van der Waals surface area contributed by atoms with Crippen LogP contribution in [-0.4, -0.2) is 31.0 Å². The van der Waals surface area contributed by atoms with Gasteiger partial charge in [0.2, 0.25) is 0 Å². The Morgan fingerprint density at radius 2 is 2.33 bits per heavy atom. The summed E-state index contributed by atoms with van der Waals surface area (Å²) in [5.74, 6) is 1.30. The summed E-state index contributed by atoms with van der Waals surface area (Å²) in [6.07, 6.45) is 2.34. The van der Waals surface area contributed by atoms with Crippen molar-refractivity contribution in [3.8, 4) is 5.75 Å². The zero-order chi connectivity index (χ0) is 12.8. The van der Waals surface area contributed by atoms with Gasteiger partial charge in [-0.1, -0.05) is 12.1 Å². The molecule has 0 aliphatic carbocycles. The maximum atomic E-state index is 5.74. The number of hydrogen-bond donors (Lipinski definition) is 1. The number of hydrogen-bond acceptors (Lipinski definition) is 3. The number of aliphatic imine (C=N–C) groups is 1. The van der Waals surface area contributed by atoms with Crippen LogP contribution in [0.2, 0.25) is 0 Å². The molecule has 1 atom stereocenters. The van der Waals surface area contributed by atoms with Gasteiger partial charge in [0.15, 0.2) is 0 Å². The minimum Gasteiger partial charge on any atom is -0.489 e. The molecule has 1 aliphatic rings. The van der Waals surface area contributed by atoms with Gasteiger partial charge in [-0.2, -0.15) is 0 Å².